The van der Waals surface area contributed by atoms with Gasteiger partial charge in [0.2, 0.25) is 5.91 Å². The van der Waals surface area contributed by atoms with E-state index in [4.69, 9.17) is 10.5 Å². The molecule has 0 aliphatic heterocycles. The van der Waals surface area contributed by atoms with Crippen LogP contribution in [0.1, 0.15) is 27.7 Å². The maximum absolute atomic E-state index is 11.8. The summed E-state index contributed by atoms with van der Waals surface area (Å²) in [4.78, 5) is 28.6. The number of rotatable bonds is 4. The molecule has 3 heterocycles. The summed E-state index contributed by atoms with van der Waals surface area (Å²) in [5.74, 6) is 0.312. The van der Waals surface area contributed by atoms with Gasteiger partial charge in [-0.05, 0) is 47.6 Å². The first-order chi connectivity index (χ1) is 12.5. The molecule has 0 saturated carbocycles. The molecule has 0 spiro atoms. The van der Waals surface area contributed by atoms with Crippen LogP contribution in [0.2, 0.25) is 0 Å². The minimum Gasteiger partial charge on any atom is -0.444 e. The van der Waals surface area contributed by atoms with Gasteiger partial charge in [-0.25, -0.2) is 9.36 Å². The Hall–Kier alpha value is -2.78. The van der Waals surface area contributed by atoms with Crippen molar-refractivity contribution >= 4 is 40.5 Å². The molecule has 0 aromatic carbocycles. The molecule has 4 rings (SSSR count). The monoisotopic (exact) mass is 386 g/mol. The molecular weight excluding hydrogens is 372 g/mol. The number of fused-ring (bicyclic) bond motifs is 3. The van der Waals surface area contributed by atoms with E-state index in [1.807, 2.05) is 6.20 Å². The summed E-state index contributed by atoms with van der Waals surface area (Å²) in [6.07, 6.45) is 4.96. The fourth-order valence-corrected chi connectivity index (χ4v) is 4.89. The summed E-state index contributed by atoms with van der Waals surface area (Å²) >= 11 is 2.63. The van der Waals surface area contributed by atoms with Gasteiger partial charge in [0.1, 0.15) is 11.6 Å². The van der Waals surface area contributed by atoms with Crippen molar-refractivity contribution in [3.63, 3.8) is 0 Å². The minimum absolute atomic E-state index is 0.192. The van der Waals surface area contributed by atoms with Gasteiger partial charge < -0.3 is 15.8 Å². The number of nitrogens with one attached hydrogen (secondary N) is 1. The Kier molecular flexibility index (Phi) is 4.17. The number of primary amides is 1. The third-order valence-electron chi connectivity index (χ3n) is 3.97. The van der Waals surface area contributed by atoms with Gasteiger partial charge in [0.05, 0.1) is 21.5 Å². The fourth-order valence-electron chi connectivity index (χ4n) is 2.89. The van der Waals surface area contributed by atoms with Crippen LogP contribution in [-0.2, 0) is 17.6 Å². The standard InChI is InChI=1S/C17H14N4O3S2/c1-8(22)21-12-5-3-10(7-19-12)24-17-13-11(15(25-17)16(18)23)4-2-9-6-20-26-14(9)13/h3,5-7H,2,4H2,1H3,(H2,18,23)(H,19,21,22). The van der Waals surface area contributed by atoms with E-state index in [0.29, 0.717) is 21.5 Å². The van der Waals surface area contributed by atoms with E-state index >= 15 is 0 Å². The van der Waals surface area contributed by atoms with Crippen molar-refractivity contribution in [2.75, 3.05) is 5.32 Å². The van der Waals surface area contributed by atoms with E-state index < -0.39 is 5.91 Å². The lowest BCUT2D eigenvalue weighted by atomic mass is 9.93. The van der Waals surface area contributed by atoms with Gasteiger partial charge in [-0.2, -0.15) is 0 Å². The highest BCUT2D eigenvalue weighted by molar-refractivity contribution is 7.17. The van der Waals surface area contributed by atoms with Gasteiger partial charge in [-0.1, -0.05) is 11.3 Å². The van der Waals surface area contributed by atoms with E-state index in [9.17, 15) is 9.59 Å². The quantitative estimate of drug-likeness (QED) is 0.716. The smallest absolute Gasteiger partial charge is 0.259 e. The molecule has 0 saturated heterocycles. The number of anilines is 1. The summed E-state index contributed by atoms with van der Waals surface area (Å²) in [5.41, 5.74) is 8.54. The summed E-state index contributed by atoms with van der Waals surface area (Å²) < 4.78 is 10.3. The lowest BCUT2D eigenvalue weighted by molar-refractivity contribution is -0.114. The van der Waals surface area contributed by atoms with Crippen LogP contribution in [-0.4, -0.2) is 21.2 Å². The number of hydrogen-bond acceptors (Lipinski definition) is 7. The van der Waals surface area contributed by atoms with Crippen LogP contribution in [0.5, 0.6) is 10.8 Å². The topological polar surface area (TPSA) is 107 Å². The van der Waals surface area contributed by atoms with E-state index in [0.717, 1.165) is 34.4 Å². The summed E-state index contributed by atoms with van der Waals surface area (Å²) in [7, 11) is 0. The molecule has 3 aromatic rings. The predicted molar refractivity (Wildman–Crippen MR) is 100.0 cm³/mol. The van der Waals surface area contributed by atoms with Crippen LogP contribution in [0.4, 0.5) is 5.82 Å². The molecule has 0 atom stereocenters. The molecule has 0 radical (unpaired) electrons. The zero-order chi connectivity index (χ0) is 18.3. The highest BCUT2D eigenvalue weighted by atomic mass is 32.1. The SMILES string of the molecule is CC(=O)Nc1ccc(Oc2sc(C(N)=O)c3c2-c2sncc2CC3)cn1. The number of nitrogens with two attached hydrogens (primary N) is 1. The third-order valence-corrected chi connectivity index (χ3v) is 5.95. The molecule has 0 fully saturated rings. The molecule has 1 aliphatic rings. The zero-order valence-electron chi connectivity index (χ0n) is 13.7. The maximum Gasteiger partial charge on any atom is 0.259 e. The molecule has 1 aliphatic carbocycles. The number of hydrogen-bond donors (Lipinski definition) is 2. The molecule has 26 heavy (non-hydrogen) atoms. The maximum atomic E-state index is 11.8. The van der Waals surface area contributed by atoms with Crippen molar-refractivity contribution < 1.29 is 14.3 Å². The molecule has 9 heteroatoms. The predicted octanol–water partition coefficient (Wildman–Crippen LogP) is 3.21. The van der Waals surface area contributed by atoms with Crippen LogP contribution < -0.4 is 15.8 Å². The Balaban J connectivity index is 1.71. The zero-order valence-corrected chi connectivity index (χ0v) is 15.4. The Bertz CT molecular complexity index is 1010. The van der Waals surface area contributed by atoms with E-state index in [2.05, 4.69) is 14.7 Å². The number of aromatic nitrogens is 2. The normalized spacial score (nSPS) is 12.2. The molecule has 132 valence electrons. The van der Waals surface area contributed by atoms with Crippen LogP contribution in [0, 0.1) is 0 Å². The summed E-state index contributed by atoms with van der Waals surface area (Å²) in [6, 6.07) is 3.37. The number of carbonyl (C=O) groups is 2. The highest BCUT2D eigenvalue weighted by Gasteiger charge is 2.30. The number of nitrogens with zero attached hydrogens (tertiary/aromatic N) is 2. The van der Waals surface area contributed by atoms with Crippen molar-refractivity contribution in [3.05, 3.63) is 40.5 Å². The molecule has 3 N–H and O–H groups in total. The number of ether oxygens (including phenoxy) is 1. The van der Waals surface area contributed by atoms with E-state index in [-0.39, 0.29) is 5.91 Å². The van der Waals surface area contributed by atoms with Gasteiger partial charge in [-0.15, -0.1) is 0 Å². The van der Waals surface area contributed by atoms with Crippen LogP contribution >= 0.6 is 22.9 Å². The molecule has 0 unspecified atom stereocenters. The number of amides is 2. The van der Waals surface area contributed by atoms with Crippen molar-refractivity contribution in [1.82, 2.24) is 9.36 Å². The first-order valence-electron chi connectivity index (χ1n) is 7.84. The largest absolute Gasteiger partial charge is 0.444 e. The van der Waals surface area contributed by atoms with Gasteiger partial charge in [0.25, 0.3) is 5.91 Å². The van der Waals surface area contributed by atoms with Gasteiger partial charge >= 0.3 is 0 Å². The van der Waals surface area contributed by atoms with Crippen molar-refractivity contribution in [3.8, 4) is 21.3 Å². The first-order valence-corrected chi connectivity index (χ1v) is 9.43. The Morgan fingerprint density at radius 1 is 1.27 bits per heavy atom. The lowest BCUT2D eigenvalue weighted by Gasteiger charge is -2.14. The van der Waals surface area contributed by atoms with E-state index in [1.54, 1.807) is 12.1 Å². The number of pyridine rings is 1. The van der Waals surface area contributed by atoms with Crippen molar-refractivity contribution in [2.45, 2.75) is 19.8 Å². The molecule has 0 bridgehead atoms. The van der Waals surface area contributed by atoms with Gasteiger partial charge in [0.15, 0.2) is 5.06 Å². The number of carbonyl (C=O) groups excluding carboxylic acids is 2. The van der Waals surface area contributed by atoms with Crippen LogP contribution in [0.25, 0.3) is 10.4 Å². The van der Waals surface area contributed by atoms with Crippen LogP contribution in [0.15, 0.2) is 24.5 Å². The highest BCUT2D eigenvalue weighted by Crippen LogP contribution is 2.49. The van der Waals surface area contributed by atoms with Gasteiger partial charge in [0, 0.05) is 13.1 Å². The second kappa shape index (κ2) is 6.50. The van der Waals surface area contributed by atoms with Gasteiger partial charge in [-0.3, -0.25) is 9.59 Å². The molecular formula is C17H14N4O3S2. The Morgan fingerprint density at radius 2 is 2.12 bits per heavy atom. The Morgan fingerprint density at radius 3 is 2.81 bits per heavy atom. The average molecular weight is 386 g/mol. The van der Waals surface area contributed by atoms with Crippen LogP contribution in [0.3, 0.4) is 0 Å². The molecule has 3 aromatic heterocycles. The second-order valence-corrected chi connectivity index (χ2v) is 7.56. The summed E-state index contributed by atoms with van der Waals surface area (Å²) in [5, 5.41) is 3.21. The Labute approximate surface area is 157 Å². The summed E-state index contributed by atoms with van der Waals surface area (Å²) in [6.45, 7) is 1.42. The van der Waals surface area contributed by atoms with Crippen molar-refractivity contribution in [2.24, 2.45) is 5.73 Å². The van der Waals surface area contributed by atoms with Crippen molar-refractivity contribution in [1.29, 1.82) is 0 Å². The molecule has 7 nitrogen and oxygen atoms in total. The lowest BCUT2D eigenvalue weighted by Crippen LogP contribution is -2.12. The second-order valence-electron chi connectivity index (χ2n) is 5.78. The minimum atomic E-state index is -0.451. The first kappa shape index (κ1) is 16.7. The number of thiophene rings is 1. The molecule has 2 amide bonds. The number of aryl methyl sites for hydroxylation is 1. The van der Waals surface area contributed by atoms with E-state index in [1.165, 1.54) is 36.0 Å². The third kappa shape index (κ3) is 2.95. The average Bonchev–Trinajstić information content (AvgIpc) is 3.20. The fraction of sp³-hybridized carbons (Fsp3) is 0.176.